The number of nitrogens with one attached hydrogen (secondary N) is 1. The van der Waals surface area contributed by atoms with Crippen molar-refractivity contribution in [2.75, 3.05) is 5.32 Å². The second-order valence-electron chi connectivity index (χ2n) is 3.43. The third-order valence-electron chi connectivity index (χ3n) is 1.97. The van der Waals surface area contributed by atoms with Gasteiger partial charge in [0.2, 0.25) is 0 Å². The van der Waals surface area contributed by atoms with E-state index in [0.29, 0.717) is 9.75 Å². The summed E-state index contributed by atoms with van der Waals surface area (Å²) in [6, 6.07) is 3.25. The zero-order valence-corrected chi connectivity index (χ0v) is 10.6. The third kappa shape index (κ3) is 3.45. The maximum atomic E-state index is 11.8. The smallest absolute Gasteiger partial charge is 0.328 e. The SMILES string of the molecule is Cn1nnc(NC(=O)c2ccc(/C=C/C(=O)O)s2)n1. The van der Waals surface area contributed by atoms with Gasteiger partial charge >= 0.3 is 5.97 Å². The molecule has 0 radical (unpaired) electrons. The molecule has 0 unspecified atom stereocenters. The van der Waals surface area contributed by atoms with Crippen molar-refractivity contribution in [2.45, 2.75) is 0 Å². The molecule has 0 spiro atoms. The number of tetrazole rings is 1. The van der Waals surface area contributed by atoms with Crippen LogP contribution in [0.1, 0.15) is 14.5 Å². The van der Waals surface area contributed by atoms with Crippen LogP contribution in [-0.4, -0.2) is 37.2 Å². The first kappa shape index (κ1) is 12.9. The molecular formula is C10H9N5O3S. The summed E-state index contributed by atoms with van der Waals surface area (Å²) in [6.45, 7) is 0. The molecule has 2 aromatic heterocycles. The number of aliphatic carboxylic acids is 1. The van der Waals surface area contributed by atoms with Gasteiger partial charge < -0.3 is 5.11 Å². The Labute approximate surface area is 111 Å². The average molecular weight is 279 g/mol. The highest BCUT2D eigenvalue weighted by Crippen LogP contribution is 2.18. The standard InChI is InChI=1S/C10H9N5O3S/c1-15-13-10(12-14-15)11-9(18)7-4-2-6(19-7)3-5-8(16)17/h2-5H,1H3,(H,16,17)(H,11,13,18)/b5-3+. The fourth-order valence-corrected chi connectivity index (χ4v) is 2.02. The number of hydrogen-bond donors (Lipinski definition) is 2. The summed E-state index contributed by atoms with van der Waals surface area (Å²) in [4.78, 5) is 24.5. The van der Waals surface area contributed by atoms with Gasteiger partial charge in [0.1, 0.15) is 0 Å². The molecule has 1 amide bonds. The van der Waals surface area contributed by atoms with Crippen LogP contribution in [0.3, 0.4) is 0 Å². The summed E-state index contributed by atoms with van der Waals surface area (Å²) in [5, 5.41) is 22.0. The molecule has 2 rings (SSSR count). The number of rotatable bonds is 4. The minimum Gasteiger partial charge on any atom is -0.478 e. The summed E-state index contributed by atoms with van der Waals surface area (Å²) in [5.74, 6) is -1.29. The van der Waals surface area contributed by atoms with Crippen LogP contribution in [0.25, 0.3) is 6.08 Å². The number of carbonyl (C=O) groups is 2. The van der Waals surface area contributed by atoms with Gasteiger partial charge in [-0.1, -0.05) is 5.10 Å². The Hall–Kier alpha value is -2.55. The molecule has 9 heteroatoms. The number of carboxylic acids is 1. The molecule has 2 N–H and O–H groups in total. The number of carboxylic acid groups (broad SMARTS) is 1. The van der Waals surface area contributed by atoms with Gasteiger partial charge in [0.15, 0.2) is 0 Å². The van der Waals surface area contributed by atoms with Crippen LogP contribution < -0.4 is 5.32 Å². The molecule has 0 atom stereocenters. The molecular weight excluding hydrogens is 270 g/mol. The monoisotopic (exact) mass is 279 g/mol. The molecule has 98 valence electrons. The molecule has 0 aliphatic heterocycles. The van der Waals surface area contributed by atoms with Crippen LogP contribution >= 0.6 is 11.3 Å². The largest absolute Gasteiger partial charge is 0.478 e. The lowest BCUT2D eigenvalue weighted by Gasteiger charge is -1.95. The summed E-state index contributed by atoms with van der Waals surface area (Å²) < 4.78 is 0. The molecule has 8 nitrogen and oxygen atoms in total. The zero-order chi connectivity index (χ0) is 13.8. The molecule has 0 saturated carbocycles. The first-order valence-electron chi connectivity index (χ1n) is 5.11. The quantitative estimate of drug-likeness (QED) is 0.794. The van der Waals surface area contributed by atoms with E-state index in [1.54, 1.807) is 19.2 Å². The van der Waals surface area contributed by atoms with E-state index in [1.165, 1.54) is 10.9 Å². The van der Waals surface area contributed by atoms with Gasteiger partial charge in [-0.2, -0.15) is 4.80 Å². The van der Waals surface area contributed by atoms with E-state index >= 15 is 0 Å². The Kier molecular flexibility index (Phi) is 3.66. The molecule has 19 heavy (non-hydrogen) atoms. The van der Waals surface area contributed by atoms with Crippen LogP contribution in [0, 0.1) is 0 Å². The molecule has 0 aliphatic carbocycles. The topological polar surface area (TPSA) is 110 Å². The van der Waals surface area contributed by atoms with E-state index in [1.807, 2.05) is 0 Å². The number of aromatic nitrogens is 4. The van der Waals surface area contributed by atoms with E-state index in [4.69, 9.17) is 5.11 Å². The Morgan fingerprint density at radius 1 is 1.47 bits per heavy atom. The predicted octanol–water partition coefficient (Wildman–Crippen LogP) is 0.622. The van der Waals surface area contributed by atoms with Crippen molar-refractivity contribution in [3.05, 3.63) is 28.0 Å². The van der Waals surface area contributed by atoms with Crippen LogP contribution in [-0.2, 0) is 11.8 Å². The highest BCUT2D eigenvalue weighted by Gasteiger charge is 2.11. The minimum atomic E-state index is -1.04. The van der Waals surface area contributed by atoms with Crippen molar-refractivity contribution in [1.82, 2.24) is 20.2 Å². The van der Waals surface area contributed by atoms with Gasteiger partial charge in [-0.3, -0.25) is 10.1 Å². The average Bonchev–Trinajstić information content (AvgIpc) is 2.95. The third-order valence-corrected chi connectivity index (χ3v) is 3.02. The first-order chi connectivity index (χ1) is 9.04. The van der Waals surface area contributed by atoms with Gasteiger partial charge in [-0.25, -0.2) is 4.79 Å². The number of thiophene rings is 1. The predicted molar refractivity (Wildman–Crippen MR) is 67.7 cm³/mol. The first-order valence-corrected chi connectivity index (χ1v) is 5.92. The summed E-state index contributed by atoms with van der Waals surface area (Å²) in [5.41, 5.74) is 0. The maximum Gasteiger partial charge on any atom is 0.328 e. The molecule has 2 aromatic rings. The van der Waals surface area contributed by atoms with E-state index in [2.05, 4.69) is 20.7 Å². The maximum absolute atomic E-state index is 11.8. The second kappa shape index (κ2) is 5.40. The fourth-order valence-electron chi connectivity index (χ4n) is 1.22. The van der Waals surface area contributed by atoms with Gasteiger partial charge in [0, 0.05) is 11.0 Å². The normalized spacial score (nSPS) is 10.8. The highest BCUT2D eigenvalue weighted by molar-refractivity contribution is 7.15. The minimum absolute atomic E-state index is 0.114. The number of carbonyl (C=O) groups excluding carboxylic acids is 1. The summed E-state index contributed by atoms with van der Waals surface area (Å²) in [6.07, 6.45) is 2.43. The Bertz CT molecular complexity index is 645. The zero-order valence-electron chi connectivity index (χ0n) is 9.77. The fraction of sp³-hybridized carbons (Fsp3) is 0.100. The van der Waals surface area contributed by atoms with Crippen molar-refractivity contribution in [3.8, 4) is 0 Å². The van der Waals surface area contributed by atoms with Gasteiger partial charge in [0.25, 0.3) is 11.9 Å². The van der Waals surface area contributed by atoms with E-state index in [0.717, 1.165) is 17.4 Å². The highest BCUT2D eigenvalue weighted by atomic mass is 32.1. The number of amides is 1. The van der Waals surface area contributed by atoms with E-state index in [-0.39, 0.29) is 11.9 Å². The van der Waals surface area contributed by atoms with Crippen molar-refractivity contribution in [2.24, 2.45) is 7.05 Å². The lowest BCUT2D eigenvalue weighted by molar-refractivity contribution is -0.131. The van der Waals surface area contributed by atoms with Crippen LogP contribution in [0.15, 0.2) is 18.2 Å². The summed E-state index contributed by atoms with van der Waals surface area (Å²) in [7, 11) is 1.59. The van der Waals surface area contributed by atoms with Gasteiger partial charge in [-0.05, 0) is 23.4 Å². The second-order valence-corrected chi connectivity index (χ2v) is 4.55. The molecule has 2 heterocycles. The van der Waals surface area contributed by atoms with Crippen molar-refractivity contribution >= 4 is 35.2 Å². The van der Waals surface area contributed by atoms with E-state index in [9.17, 15) is 9.59 Å². The Morgan fingerprint density at radius 3 is 2.89 bits per heavy atom. The Balaban J connectivity index is 2.06. The Morgan fingerprint density at radius 2 is 2.26 bits per heavy atom. The molecule has 0 saturated heterocycles. The van der Waals surface area contributed by atoms with Crippen molar-refractivity contribution in [1.29, 1.82) is 0 Å². The number of nitrogens with zero attached hydrogens (tertiary/aromatic N) is 4. The van der Waals surface area contributed by atoms with E-state index < -0.39 is 5.97 Å². The molecule has 0 aliphatic rings. The van der Waals surface area contributed by atoms with Crippen molar-refractivity contribution < 1.29 is 14.7 Å². The van der Waals surface area contributed by atoms with Crippen LogP contribution in [0.2, 0.25) is 0 Å². The number of aryl methyl sites for hydroxylation is 1. The van der Waals surface area contributed by atoms with Crippen molar-refractivity contribution in [3.63, 3.8) is 0 Å². The molecule has 0 aromatic carbocycles. The number of anilines is 1. The summed E-state index contributed by atoms with van der Waals surface area (Å²) >= 11 is 1.16. The molecule has 0 bridgehead atoms. The lowest BCUT2D eigenvalue weighted by Crippen LogP contribution is -2.11. The van der Waals surface area contributed by atoms with Gasteiger partial charge in [-0.15, -0.1) is 16.4 Å². The lowest BCUT2D eigenvalue weighted by atomic mass is 10.4. The number of hydrogen-bond acceptors (Lipinski definition) is 6. The van der Waals surface area contributed by atoms with Gasteiger partial charge in [0.05, 0.1) is 11.9 Å². The van der Waals surface area contributed by atoms with Crippen LogP contribution in [0.5, 0.6) is 0 Å². The van der Waals surface area contributed by atoms with Crippen LogP contribution in [0.4, 0.5) is 5.95 Å². The molecule has 0 fully saturated rings.